The van der Waals surface area contributed by atoms with Crippen LogP contribution in [0.25, 0.3) is 0 Å². The van der Waals surface area contributed by atoms with E-state index in [1.54, 1.807) is 25.3 Å². The maximum absolute atomic E-state index is 12.6. The Kier molecular flexibility index (Phi) is 9.16. The van der Waals surface area contributed by atoms with Crippen LogP contribution in [0.5, 0.6) is 0 Å². The standard InChI is InChI=1S/C27H33ClN6O3/c1-4-33-12-13-34(5-2)24-16-20(11-10-19(24)18-33)30-27-29-17-22(28)25(32-27)31-23-9-7-6-8-21(23)26(35)37-15-14-36-3/h6-11,16-17H,4-5,12-15,18H2,1-3H3,(H2,29,30,31,32). The first-order valence-corrected chi connectivity index (χ1v) is 12.8. The molecule has 0 fully saturated rings. The number of esters is 1. The first-order chi connectivity index (χ1) is 18.0. The number of nitrogens with one attached hydrogen (secondary N) is 2. The number of anilines is 5. The summed E-state index contributed by atoms with van der Waals surface area (Å²) in [4.78, 5) is 26.3. The molecule has 0 aliphatic carbocycles. The van der Waals surface area contributed by atoms with E-state index in [1.807, 2.05) is 12.1 Å². The number of carbonyl (C=O) groups excluding carboxylic acids is 1. The molecule has 0 spiro atoms. The summed E-state index contributed by atoms with van der Waals surface area (Å²) in [6, 6.07) is 13.4. The molecule has 196 valence electrons. The van der Waals surface area contributed by atoms with E-state index >= 15 is 0 Å². The van der Waals surface area contributed by atoms with Crippen LogP contribution in [0.4, 0.5) is 28.8 Å². The van der Waals surface area contributed by atoms with Crippen molar-refractivity contribution >= 4 is 46.4 Å². The molecular formula is C27H33ClN6O3. The zero-order chi connectivity index (χ0) is 26.2. The number of halogens is 1. The predicted molar refractivity (Wildman–Crippen MR) is 147 cm³/mol. The molecular weight excluding hydrogens is 492 g/mol. The third-order valence-electron chi connectivity index (χ3n) is 6.26. The molecule has 0 atom stereocenters. The van der Waals surface area contributed by atoms with Gasteiger partial charge in [-0.3, -0.25) is 4.90 Å². The highest BCUT2D eigenvalue weighted by Gasteiger charge is 2.19. The second-order valence-corrected chi connectivity index (χ2v) is 9.01. The SMILES string of the molecule is CCN1CCN(CC)c2cc(Nc3ncc(Cl)c(Nc4ccccc4C(=O)OCCOC)n3)ccc2C1. The Morgan fingerprint density at radius 3 is 2.70 bits per heavy atom. The van der Waals surface area contributed by atoms with Crippen molar-refractivity contribution in [3.8, 4) is 0 Å². The molecule has 0 radical (unpaired) electrons. The maximum atomic E-state index is 12.6. The van der Waals surface area contributed by atoms with Crippen molar-refractivity contribution in [3.63, 3.8) is 0 Å². The Bertz CT molecular complexity index is 1220. The van der Waals surface area contributed by atoms with Crippen molar-refractivity contribution in [2.45, 2.75) is 20.4 Å². The van der Waals surface area contributed by atoms with Crippen LogP contribution in [-0.4, -0.2) is 67.3 Å². The highest BCUT2D eigenvalue weighted by atomic mass is 35.5. The number of rotatable bonds is 10. The molecule has 10 heteroatoms. The summed E-state index contributed by atoms with van der Waals surface area (Å²) in [5.74, 6) is 0.300. The molecule has 0 saturated carbocycles. The Labute approximate surface area is 222 Å². The van der Waals surface area contributed by atoms with Gasteiger partial charge in [0.05, 0.1) is 24.1 Å². The zero-order valence-electron chi connectivity index (χ0n) is 21.5. The molecule has 4 rings (SSSR count). The smallest absolute Gasteiger partial charge is 0.340 e. The van der Waals surface area contributed by atoms with Crippen molar-refractivity contribution in [2.75, 3.05) is 62.0 Å². The van der Waals surface area contributed by atoms with E-state index < -0.39 is 5.97 Å². The van der Waals surface area contributed by atoms with Gasteiger partial charge in [0, 0.05) is 44.7 Å². The normalized spacial score (nSPS) is 13.6. The van der Waals surface area contributed by atoms with Gasteiger partial charge in [-0.1, -0.05) is 36.7 Å². The molecule has 0 unspecified atom stereocenters. The third kappa shape index (κ3) is 6.68. The fourth-order valence-corrected chi connectivity index (χ4v) is 4.35. The summed E-state index contributed by atoms with van der Waals surface area (Å²) in [6.07, 6.45) is 1.53. The van der Waals surface area contributed by atoms with Crippen molar-refractivity contribution in [3.05, 3.63) is 64.8 Å². The zero-order valence-corrected chi connectivity index (χ0v) is 22.2. The Morgan fingerprint density at radius 2 is 1.92 bits per heavy atom. The Hall–Kier alpha value is -3.40. The molecule has 9 nitrogen and oxygen atoms in total. The number of para-hydroxylation sites is 1. The number of ether oxygens (including phenoxy) is 2. The summed E-state index contributed by atoms with van der Waals surface area (Å²) in [7, 11) is 1.55. The Morgan fingerprint density at radius 1 is 1.08 bits per heavy atom. The molecule has 3 aromatic rings. The topological polar surface area (TPSA) is 91.9 Å². The summed E-state index contributed by atoms with van der Waals surface area (Å²) >= 11 is 6.40. The monoisotopic (exact) mass is 524 g/mol. The quantitative estimate of drug-likeness (QED) is 0.278. The van der Waals surface area contributed by atoms with Gasteiger partial charge in [0.25, 0.3) is 0 Å². The van der Waals surface area contributed by atoms with Gasteiger partial charge in [0.1, 0.15) is 11.6 Å². The maximum Gasteiger partial charge on any atom is 0.340 e. The van der Waals surface area contributed by atoms with Crippen molar-refractivity contribution in [2.24, 2.45) is 0 Å². The van der Waals surface area contributed by atoms with E-state index in [-0.39, 0.29) is 6.61 Å². The fourth-order valence-electron chi connectivity index (χ4n) is 4.21. The fraction of sp³-hybridized carbons (Fsp3) is 0.370. The van der Waals surface area contributed by atoms with E-state index in [9.17, 15) is 4.79 Å². The Balaban J connectivity index is 1.54. The number of likely N-dealkylation sites (N-methyl/N-ethyl adjacent to an activating group) is 2. The van der Waals surface area contributed by atoms with Gasteiger partial charge in [0.2, 0.25) is 5.95 Å². The second-order valence-electron chi connectivity index (χ2n) is 8.61. The average molecular weight is 525 g/mol. The summed E-state index contributed by atoms with van der Waals surface area (Å²) in [6.45, 7) is 9.79. The van der Waals surface area contributed by atoms with Gasteiger partial charge in [0.15, 0.2) is 5.82 Å². The van der Waals surface area contributed by atoms with Gasteiger partial charge in [-0.15, -0.1) is 0 Å². The minimum absolute atomic E-state index is 0.165. The van der Waals surface area contributed by atoms with Crippen LogP contribution in [-0.2, 0) is 16.0 Å². The third-order valence-corrected chi connectivity index (χ3v) is 6.53. The van der Waals surface area contributed by atoms with Crippen LogP contribution < -0.4 is 15.5 Å². The van der Waals surface area contributed by atoms with Gasteiger partial charge in [-0.25, -0.2) is 9.78 Å². The average Bonchev–Trinajstić information content (AvgIpc) is 3.09. The van der Waals surface area contributed by atoms with Crippen LogP contribution in [0.15, 0.2) is 48.7 Å². The molecule has 2 heterocycles. The van der Waals surface area contributed by atoms with Gasteiger partial charge < -0.3 is 25.0 Å². The van der Waals surface area contributed by atoms with E-state index in [0.717, 1.165) is 38.4 Å². The molecule has 2 N–H and O–H groups in total. The van der Waals surface area contributed by atoms with Crippen LogP contribution in [0, 0.1) is 0 Å². The number of nitrogens with zero attached hydrogens (tertiary/aromatic N) is 4. The number of hydrogen-bond donors (Lipinski definition) is 2. The first kappa shape index (κ1) is 26.7. The number of carbonyl (C=O) groups is 1. The van der Waals surface area contributed by atoms with Crippen molar-refractivity contribution in [1.82, 2.24) is 14.9 Å². The summed E-state index contributed by atoms with van der Waals surface area (Å²) in [5, 5.41) is 6.78. The van der Waals surface area contributed by atoms with Crippen LogP contribution in [0.3, 0.4) is 0 Å². The number of methoxy groups -OCH3 is 1. The number of benzene rings is 2. The first-order valence-electron chi connectivity index (χ1n) is 12.4. The molecule has 1 aromatic heterocycles. The minimum atomic E-state index is -0.462. The lowest BCUT2D eigenvalue weighted by Gasteiger charge is -2.23. The lowest BCUT2D eigenvalue weighted by atomic mass is 10.1. The van der Waals surface area contributed by atoms with E-state index in [1.165, 1.54) is 17.4 Å². The minimum Gasteiger partial charge on any atom is -0.460 e. The van der Waals surface area contributed by atoms with Crippen molar-refractivity contribution < 1.29 is 14.3 Å². The van der Waals surface area contributed by atoms with E-state index in [4.69, 9.17) is 21.1 Å². The molecule has 0 saturated heterocycles. The van der Waals surface area contributed by atoms with E-state index in [2.05, 4.69) is 56.4 Å². The summed E-state index contributed by atoms with van der Waals surface area (Å²) < 4.78 is 10.2. The molecule has 2 aromatic carbocycles. The van der Waals surface area contributed by atoms with Crippen LogP contribution in [0.1, 0.15) is 29.8 Å². The second kappa shape index (κ2) is 12.7. The molecule has 0 bridgehead atoms. The van der Waals surface area contributed by atoms with Crippen LogP contribution >= 0.6 is 11.6 Å². The lowest BCUT2D eigenvalue weighted by Crippen LogP contribution is -2.31. The molecule has 1 aliphatic rings. The van der Waals surface area contributed by atoms with E-state index in [0.29, 0.717) is 34.6 Å². The predicted octanol–water partition coefficient (Wildman–Crippen LogP) is 5.08. The highest BCUT2D eigenvalue weighted by molar-refractivity contribution is 6.33. The number of hydrogen-bond acceptors (Lipinski definition) is 9. The molecule has 0 amide bonds. The number of aromatic nitrogens is 2. The largest absolute Gasteiger partial charge is 0.460 e. The van der Waals surface area contributed by atoms with Gasteiger partial charge >= 0.3 is 5.97 Å². The van der Waals surface area contributed by atoms with Crippen LogP contribution in [0.2, 0.25) is 5.02 Å². The van der Waals surface area contributed by atoms with Crippen molar-refractivity contribution in [1.29, 1.82) is 0 Å². The van der Waals surface area contributed by atoms with Gasteiger partial charge in [-0.2, -0.15) is 4.98 Å². The summed E-state index contributed by atoms with van der Waals surface area (Å²) in [5.41, 5.74) is 4.31. The molecule has 1 aliphatic heterocycles. The highest BCUT2D eigenvalue weighted by Crippen LogP contribution is 2.31. The number of fused-ring (bicyclic) bond motifs is 1. The lowest BCUT2D eigenvalue weighted by molar-refractivity contribution is 0.0389. The van der Waals surface area contributed by atoms with Gasteiger partial charge in [-0.05, 0) is 43.3 Å². The molecule has 37 heavy (non-hydrogen) atoms.